The first-order valence-electron chi connectivity index (χ1n) is 4.17. The molecule has 0 bridgehead atoms. The second-order valence-electron chi connectivity index (χ2n) is 2.48. The highest BCUT2D eigenvalue weighted by Crippen LogP contribution is 2.04. The van der Waals surface area contributed by atoms with Crippen LogP contribution < -0.4 is 5.73 Å². The minimum Gasteiger partial charge on any atom is -0.468 e. The van der Waals surface area contributed by atoms with Gasteiger partial charge in [0.05, 0.1) is 13.7 Å². The van der Waals surface area contributed by atoms with Crippen LogP contribution in [-0.4, -0.2) is 25.8 Å². The summed E-state index contributed by atoms with van der Waals surface area (Å²) in [5.41, 5.74) is 5.76. The summed E-state index contributed by atoms with van der Waals surface area (Å²) < 4.78 is 5.34. The minimum atomic E-state index is -0.380. The van der Waals surface area contributed by atoms with Crippen molar-refractivity contribution in [2.75, 3.05) is 13.7 Å². The van der Waals surface area contributed by atoms with Crippen molar-refractivity contribution in [2.24, 2.45) is 5.73 Å². The van der Waals surface area contributed by atoms with E-state index >= 15 is 0 Å². The lowest BCUT2D eigenvalue weighted by Gasteiger charge is -1.89. The van der Waals surface area contributed by atoms with Crippen molar-refractivity contribution in [2.45, 2.75) is 0 Å². The molecule has 15 heavy (non-hydrogen) atoms. The number of ether oxygens (including phenoxy) is 1. The highest BCUT2D eigenvalue weighted by Gasteiger charge is 1.87. The lowest BCUT2D eigenvalue weighted by atomic mass is 10.2. The summed E-state index contributed by atoms with van der Waals surface area (Å²) in [4.78, 5) is 9.83. The van der Waals surface area contributed by atoms with E-state index in [0.717, 1.165) is 5.56 Å². The molecule has 0 radical (unpaired) electrons. The predicted octanol–water partition coefficient (Wildman–Crippen LogP) is 1.41. The largest absolute Gasteiger partial charge is 0.468 e. The van der Waals surface area contributed by atoms with Gasteiger partial charge < -0.3 is 15.9 Å². The molecule has 0 saturated heterocycles. The third-order valence-electron chi connectivity index (χ3n) is 1.43. The number of carbonyl (C=O) groups is 1. The zero-order valence-electron chi connectivity index (χ0n) is 8.37. The molecule has 0 saturated carbocycles. The lowest BCUT2D eigenvalue weighted by molar-refractivity contribution is -0.138. The molecule has 0 fully saturated rings. The molecule has 0 aliphatic carbocycles. The van der Waals surface area contributed by atoms with Crippen LogP contribution in [0.1, 0.15) is 5.56 Å². The van der Waals surface area contributed by atoms with Crippen molar-refractivity contribution in [3.63, 3.8) is 0 Å². The predicted molar refractivity (Wildman–Crippen MR) is 68.1 cm³/mol. The second-order valence-corrected chi connectivity index (χ2v) is 3.72. The molecule has 1 aromatic rings. The van der Waals surface area contributed by atoms with Gasteiger partial charge in [-0.3, -0.25) is 4.79 Å². The van der Waals surface area contributed by atoms with Crippen LogP contribution in [0, 0.1) is 8.98 Å². The molecule has 0 atom stereocenters. The fourth-order valence-corrected chi connectivity index (χ4v) is 1.00. The molecule has 0 unspecified atom stereocenters. The fraction of sp³-hybridized carbons (Fsp3) is 0.200. The Bertz CT molecular complexity index is 306. The maximum absolute atomic E-state index is 9.83. The van der Waals surface area contributed by atoms with Gasteiger partial charge in [0.1, 0.15) is 0 Å². The van der Waals surface area contributed by atoms with Gasteiger partial charge in [0.25, 0.3) is 0 Å². The first kappa shape index (κ1) is 14.1. The van der Waals surface area contributed by atoms with Gasteiger partial charge >= 0.3 is 5.97 Å². The summed E-state index contributed by atoms with van der Waals surface area (Å²) in [6.07, 6.45) is 1.34. The van der Waals surface area contributed by atoms with Crippen LogP contribution in [0.25, 0.3) is 0 Å². The fourth-order valence-electron chi connectivity index (χ4n) is 0.642. The number of hydrogen-bond acceptors (Lipinski definition) is 4. The Morgan fingerprint density at radius 3 is 2.33 bits per heavy atom. The molecule has 5 heteroatoms. The first-order valence-corrected chi connectivity index (χ1v) is 5.24. The normalized spacial score (nSPS) is 8.47. The summed E-state index contributed by atoms with van der Waals surface area (Å²) in [5, 5.41) is 6.89. The minimum absolute atomic E-state index is 0.0312. The zero-order chi connectivity index (χ0) is 11.7. The van der Waals surface area contributed by atoms with Gasteiger partial charge in [0, 0.05) is 9.78 Å². The molecule has 4 nitrogen and oxygen atoms in total. The Kier molecular flexibility index (Phi) is 7.84. The van der Waals surface area contributed by atoms with Crippen molar-refractivity contribution in [3.8, 4) is 0 Å². The van der Waals surface area contributed by atoms with Crippen LogP contribution >= 0.6 is 22.6 Å². The van der Waals surface area contributed by atoms with Crippen LogP contribution in [0.2, 0.25) is 0 Å². The number of nitrogens with two attached hydrogens (primary N) is 1. The summed E-state index contributed by atoms with van der Waals surface area (Å²) in [6.45, 7) is -0.0312. The summed E-state index contributed by atoms with van der Waals surface area (Å²) in [5.74, 6) is -0.380. The molecule has 0 spiro atoms. The van der Waals surface area contributed by atoms with Crippen molar-refractivity contribution >= 4 is 34.8 Å². The van der Waals surface area contributed by atoms with Crippen LogP contribution in [0.4, 0.5) is 0 Å². The van der Waals surface area contributed by atoms with Crippen molar-refractivity contribution < 1.29 is 9.53 Å². The topological polar surface area (TPSA) is 76.2 Å². The molecule has 82 valence electrons. The van der Waals surface area contributed by atoms with Crippen LogP contribution in [0.15, 0.2) is 24.3 Å². The van der Waals surface area contributed by atoms with E-state index in [1.165, 1.54) is 16.9 Å². The van der Waals surface area contributed by atoms with E-state index in [4.69, 9.17) is 11.1 Å². The van der Waals surface area contributed by atoms with Crippen molar-refractivity contribution in [1.82, 2.24) is 0 Å². The van der Waals surface area contributed by atoms with E-state index in [1.54, 1.807) is 0 Å². The third-order valence-corrected chi connectivity index (χ3v) is 2.15. The second kappa shape index (κ2) is 8.37. The summed E-state index contributed by atoms with van der Waals surface area (Å²) in [7, 11) is 1.30. The quantitative estimate of drug-likeness (QED) is 0.491. The molecule has 0 aliphatic heterocycles. The lowest BCUT2D eigenvalue weighted by Crippen LogP contribution is -2.14. The van der Waals surface area contributed by atoms with Gasteiger partial charge in [-0.05, 0) is 40.3 Å². The van der Waals surface area contributed by atoms with Crippen LogP contribution in [0.5, 0.6) is 0 Å². The monoisotopic (exact) mass is 320 g/mol. The Morgan fingerprint density at radius 2 is 2.07 bits per heavy atom. The number of hydrogen-bond donors (Lipinski definition) is 2. The number of rotatable bonds is 2. The average molecular weight is 320 g/mol. The Hall–Kier alpha value is -0.950. The van der Waals surface area contributed by atoms with E-state index in [0.29, 0.717) is 0 Å². The van der Waals surface area contributed by atoms with Gasteiger partial charge in [0.2, 0.25) is 0 Å². The van der Waals surface area contributed by atoms with Crippen LogP contribution in [-0.2, 0) is 9.53 Å². The highest BCUT2D eigenvalue weighted by atomic mass is 127. The SMILES string of the molecule is COC(=O)CN.N=Cc1ccc(I)cc1. The number of methoxy groups -OCH3 is 1. The van der Waals surface area contributed by atoms with Gasteiger partial charge in [-0.1, -0.05) is 12.1 Å². The van der Waals surface area contributed by atoms with E-state index < -0.39 is 0 Å². The number of benzene rings is 1. The molecule has 0 amide bonds. The molecule has 0 aliphatic rings. The number of halogens is 1. The van der Waals surface area contributed by atoms with Crippen molar-refractivity contribution in [1.29, 1.82) is 5.41 Å². The smallest absolute Gasteiger partial charge is 0.319 e. The van der Waals surface area contributed by atoms with Gasteiger partial charge in [-0.2, -0.15) is 0 Å². The molecule has 0 heterocycles. The molecular weight excluding hydrogens is 307 g/mol. The Morgan fingerprint density at radius 1 is 1.53 bits per heavy atom. The van der Waals surface area contributed by atoms with E-state index in [9.17, 15) is 4.79 Å². The third kappa shape index (κ3) is 7.03. The molecule has 1 aromatic carbocycles. The summed E-state index contributed by atoms with van der Waals surface area (Å²) in [6, 6.07) is 7.82. The average Bonchev–Trinajstić information content (AvgIpc) is 2.30. The van der Waals surface area contributed by atoms with Gasteiger partial charge in [-0.15, -0.1) is 0 Å². The summed E-state index contributed by atoms with van der Waals surface area (Å²) >= 11 is 2.24. The molecule has 0 aromatic heterocycles. The maximum atomic E-state index is 9.83. The van der Waals surface area contributed by atoms with Crippen LogP contribution in [0.3, 0.4) is 0 Å². The first-order chi connectivity index (χ1) is 7.13. The van der Waals surface area contributed by atoms with E-state index in [-0.39, 0.29) is 12.5 Å². The Labute approximate surface area is 102 Å². The van der Waals surface area contributed by atoms with Crippen molar-refractivity contribution in [3.05, 3.63) is 33.4 Å². The standard InChI is InChI=1S/C7H6IN.C3H7NO2/c8-7-3-1-6(5-9)2-4-7;1-6-3(5)2-4/h1-5,9H;2,4H2,1H3. The zero-order valence-corrected chi connectivity index (χ0v) is 10.5. The maximum Gasteiger partial charge on any atom is 0.319 e. The highest BCUT2D eigenvalue weighted by molar-refractivity contribution is 14.1. The molecule has 1 rings (SSSR count). The number of nitrogens with one attached hydrogen (secondary N) is 1. The Balaban J connectivity index is 0.000000288. The number of esters is 1. The van der Waals surface area contributed by atoms with E-state index in [2.05, 4.69) is 27.3 Å². The molecular formula is C10H13IN2O2. The van der Waals surface area contributed by atoms with E-state index in [1.807, 2.05) is 24.3 Å². The van der Waals surface area contributed by atoms with Gasteiger partial charge in [-0.25, -0.2) is 0 Å². The van der Waals surface area contributed by atoms with Gasteiger partial charge in [0.15, 0.2) is 0 Å². The number of carbonyl (C=O) groups excluding carboxylic acids is 1. The molecule has 3 N–H and O–H groups in total.